The van der Waals surface area contributed by atoms with E-state index in [1.807, 2.05) is 7.05 Å². The number of benzene rings is 1. The molecule has 0 saturated carbocycles. The van der Waals surface area contributed by atoms with Gasteiger partial charge in [0.2, 0.25) is 0 Å². The Balaban J connectivity index is 2.12. The summed E-state index contributed by atoms with van der Waals surface area (Å²) in [5.41, 5.74) is 2.65. The van der Waals surface area contributed by atoms with Crippen molar-refractivity contribution in [1.29, 1.82) is 0 Å². The van der Waals surface area contributed by atoms with Gasteiger partial charge in [0.15, 0.2) is 0 Å². The third-order valence-electron chi connectivity index (χ3n) is 3.59. The summed E-state index contributed by atoms with van der Waals surface area (Å²) >= 11 is 0. The second kappa shape index (κ2) is 6.21. The van der Waals surface area contributed by atoms with Crippen molar-refractivity contribution in [2.45, 2.75) is 39.0 Å². The molecule has 0 spiro atoms. The molecule has 18 heavy (non-hydrogen) atoms. The molecule has 1 aromatic carbocycles. The second-order valence-electron chi connectivity index (χ2n) is 5.06. The minimum atomic E-state index is 0.324. The first-order valence-electron chi connectivity index (χ1n) is 6.86. The summed E-state index contributed by atoms with van der Waals surface area (Å²) in [7, 11) is 1.98. The molecule has 0 radical (unpaired) electrons. The van der Waals surface area contributed by atoms with Crippen molar-refractivity contribution in [3.63, 3.8) is 0 Å². The van der Waals surface area contributed by atoms with E-state index in [1.165, 1.54) is 11.3 Å². The van der Waals surface area contributed by atoms with Gasteiger partial charge in [-0.2, -0.15) is 0 Å². The van der Waals surface area contributed by atoms with Gasteiger partial charge in [-0.1, -0.05) is 19.1 Å². The van der Waals surface area contributed by atoms with Crippen LogP contribution < -0.4 is 10.2 Å². The van der Waals surface area contributed by atoms with E-state index in [0.29, 0.717) is 12.1 Å². The average Bonchev–Trinajstić information content (AvgIpc) is 2.40. The summed E-state index contributed by atoms with van der Waals surface area (Å²) in [6.45, 7) is 7.14. The lowest BCUT2D eigenvalue weighted by atomic mass is 10.1. The molecule has 0 aliphatic carbocycles. The third-order valence-corrected chi connectivity index (χ3v) is 3.59. The quantitative estimate of drug-likeness (QED) is 0.885. The molecule has 1 heterocycles. The van der Waals surface area contributed by atoms with Crippen LogP contribution in [0.25, 0.3) is 0 Å². The molecule has 0 amide bonds. The Morgan fingerprint density at radius 2 is 2.06 bits per heavy atom. The minimum absolute atomic E-state index is 0.324. The Morgan fingerprint density at radius 1 is 1.33 bits per heavy atom. The number of morpholine rings is 1. The average molecular weight is 248 g/mol. The lowest BCUT2D eigenvalue weighted by molar-refractivity contribution is 0.0299. The van der Waals surface area contributed by atoms with Crippen LogP contribution >= 0.6 is 0 Å². The van der Waals surface area contributed by atoms with Gasteiger partial charge in [-0.25, -0.2) is 0 Å². The molecule has 2 atom stereocenters. The molecule has 1 aliphatic heterocycles. The summed E-state index contributed by atoms with van der Waals surface area (Å²) < 4.78 is 5.74. The van der Waals surface area contributed by atoms with Crippen molar-refractivity contribution in [3.05, 3.63) is 29.8 Å². The predicted octanol–water partition coefficient (Wildman–Crippen LogP) is 2.41. The molecule has 1 aromatic rings. The molecule has 1 N–H and O–H groups in total. The van der Waals surface area contributed by atoms with E-state index in [1.54, 1.807) is 0 Å². The van der Waals surface area contributed by atoms with E-state index >= 15 is 0 Å². The smallest absolute Gasteiger partial charge is 0.0723 e. The van der Waals surface area contributed by atoms with E-state index in [4.69, 9.17) is 4.74 Å². The highest BCUT2D eigenvalue weighted by atomic mass is 16.5. The van der Waals surface area contributed by atoms with Crippen molar-refractivity contribution in [2.75, 3.05) is 25.1 Å². The van der Waals surface area contributed by atoms with E-state index in [9.17, 15) is 0 Å². The highest BCUT2D eigenvalue weighted by Gasteiger charge is 2.25. The van der Waals surface area contributed by atoms with Gasteiger partial charge >= 0.3 is 0 Å². The number of anilines is 1. The SMILES string of the molecule is CCC1COC(C)CN1c1ccc(CNC)cc1. The largest absolute Gasteiger partial charge is 0.375 e. The van der Waals surface area contributed by atoms with Gasteiger partial charge in [0.1, 0.15) is 0 Å². The normalized spacial score (nSPS) is 24.3. The minimum Gasteiger partial charge on any atom is -0.375 e. The molecule has 2 rings (SSSR count). The van der Waals surface area contributed by atoms with Crippen LogP contribution in [-0.4, -0.2) is 32.3 Å². The van der Waals surface area contributed by atoms with Crippen LogP contribution in [0.4, 0.5) is 5.69 Å². The molecule has 0 aromatic heterocycles. The number of ether oxygens (including phenoxy) is 1. The fourth-order valence-corrected chi connectivity index (χ4v) is 2.51. The fourth-order valence-electron chi connectivity index (χ4n) is 2.51. The van der Waals surface area contributed by atoms with Crippen LogP contribution in [0.5, 0.6) is 0 Å². The zero-order chi connectivity index (χ0) is 13.0. The van der Waals surface area contributed by atoms with Crippen LogP contribution in [0.3, 0.4) is 0 Å². The van der Waals surface area contributed by atoms with E-state index < -0.39 is 0 Å². The van der Waals surface area contributed by atoms with Crippen LogP contribution in [0, 0.1) is 0 Å². The maximum Gasteiger partial charge on any atom is 0.0723 e. The maximum atomic E-state index is 5.74. The van der Waals surface area contributed by atoms with Crippen molar-refractivity contribution in [3.8, 4) is 0 Å². The first-order chi connectivity index (χ1) is 8.74. The van der Waals surface area contributed by atoms with E-state index in [-0.39, 0.29) is 0 Å². The molecule has 0 bridgehead atoms. The molecule has 3 nitrogen and oxygen atoms in total. The van der Waals surface area contributed by atoms with Crippen LogP contribution in [0.15, 0.2) is 24.3 Å². The first kappa shape index (κ1) is 13.4. The van der Waals surface area contributed by atoms with Gasteiger partial charge in [-0.15, -0.1) is 0 Å². The highest BCUT2D eigenvalue weighted by Crippen LogP contribution is 2.23. The number of hydrogen-bond donors (Lipinski definition) is 1. The fraction of sp³-hybridized carbons (Fsp3) is 0.600. The van der Waals surface area contributed by atoms with Gasteiger partial charge in [-0.3, -0.25) is 0 Å². The molecule has 1 fully saturated rings. The third kappa shape index (κ3) is 3.03. The summed E-state index contributed by atoms with van der Waals surface area (Å²) in [6.07, 6.45) is 1.45. The molecular formula is C15H24N2O. The maximum absolute atomic E-state index is 5.74. The zero-order valence-corrected chi connectivity index (χ0v) is 11.6. The van der Waals surface area contributed by atoms with Crippen molar-refractivity contribution >= 4 is 5.69 Å². The van der Waals surface area contributed by atoms with Gasteiger partial charge in [0, 0.05) is 18.8 Å². The Labute approximate surface area is 110 Å². The Kier molecular flexibility index (Phi) is 4.61. The Hall–Kier alpha value is -1.06. The van der Waals surface area contributed by atoms with Gasteiger partial charge < -0.3 is 15.0 Å². The van der Waals surface area contributed by atoms with Gasteiger partial charge in [-0.05, 0) is 38.1 Å². The number of nitrogens with zero attached hydrogens (tertiary/aromatic N) is 1. The topological polar surface area (TPSA) is 24.5 Å². The van der Waals surface area contributed by atoms with Crippen LogP contribution in [0.2, 0.25) is 0 Å². The first-order valence-corrected chi connectivity index (χ1v) is 6.86. The molecule has 3 heteroatoms. The summed E-state index contributed by atoms with van der Waals surface area (Å²) in [4.78, 5) is 2.48. The van der Waals surface area contributed by atoms with Crippen molar-refractivity contribution < 1.29 is 4.74 Å². The number of nitrogens with one attached hydrogen (secondary N) is 1. The molecule has 1 saturated heterocycles. The zero-order valence-electron chi connectivity index (χ0n) is 11.6. The Morgan fingerprint density at radius 3 is 2.67 bits per heavy atom. The summed E-state index contributed by atoms with van der Waals surface area (Å²) in [5, 5.41) is 3.18. The van der Waals surface area contributed by atoms with E-state index in [0.717, 1.165) is 26.1 Å². The lowest BCUT2D eigenvalue weighted by Gasteiger charge is -2.40. The number of hydrogen-bond acceptors (Lipinski definition) is 3. The molecule has 100 valence electrons. The van der Waals surface area contributed by atoms with Crippen LogP contribution in [0.1, 0.15) is 25.8 Å². The van der Waals surface area contributed by atoms with Crippen LogP contribution in [-0.2, 0) is 11.3 Å². The van der Waals surface area contributed by atoms with Crippen molar-refractivity contribution in [2.24, 2.45) is 0 Å². The molecule has 2 unspecified atom stereocenters. The van der Waals surface area contributed by atoms with E-state index in [2.05, 4.69) is 48.3 Å². The van der Waals surface area contributed by atoms with Crippen molar-refractivity contribution in [1.82, 2.24) is 5.32 Å². The van der Waals surface area contributed by atoms with Gasteiger partial charge in [0.05, 0.1) is 18.8 Å². The molecule has 1 aliphatic rings. The predicted molar refractivity (Wildman–Crippen MR) is 76.0 cm³/mol. The lowest BCUT2D eigenvalue weighted by Crippen LogP contribution is -2.48. The Bertz CT molecular complexity index is 363. The summed E-state index contributed by atoms with van der Waals surface area (Å²) in [6, 6.07) is 9.38. The standard InChI is InChI=1S/C15H24N2O/c1-4-14-11-18-12(2)10-17(14)15-7-5-13(6-8-15)9-16-3/h5-8,12,14,16H,4,9-11H2,1-3H3. The number of rotatable bonds is 4. The monoisotopic (exact) mass is 248 g/mol. The summed E-state index contributed by atoms with van der Waals surface area (Å²) in [5.74, 6) is 0. The van der Waals surface area contributed by atoms with Gasteiger partial charge in [0.25, 0.3) is 0 Å². The highest BCUT2D eigenvalue weighted by molar-refractivity contribution is 5.49. The second-order valence-corrected chi connectivity index (χ2v) is 5.06. The molecular weight excluding hydrogens is 224 g/mol.